The normalized spacial score (nSPS) is 11.3. The Labute approximate surface area is 153 Å². The second-order valence-electron chi connectivity index (χ2n) is 5.96. The number of aryl methyl sites for hydroxylation is 1. The van der Waals surface area contributed by atoms with Crippen LogP contribution < -0.4 is 10.2 Å². The number of benzene rings is 2. The summed E-state index contributed by atoms with van der Waals surface area (Å²) in [6.07, 6.45) is -3.90. The second-order valence-corrected chi connectivity index (χ2v) is 5.96. The fourth-order valence-corrected chi connectivity index (χ4v) is 2.44. The maximum atomic E-state index is 13.4. The fraction of sp³-hybridized carbons (Fsp3) is 0.158. The van der Waals surface area contributed by atoms with Crippen molar-refractivity contribution in [3.63, 3.8) is 0 Å². The number of hydrogen-bond acceptors (Lipinski definition) is 4. The molecule has 0 aliphatic heterocycles. The van der Waals surface area contributed by atoms with E-state index in [-0.39, 0.29) is 11.8 Å². The summed E-state index contributed by atoms with van der Waals surface area (Å²) in [4.78, 5) is 9.07. The van der Waals surface area contributed by atoms with Gasteiger partial charge in [0, 0.05) is 24.6 Å². The fourth-order valence-electron chi connectivity index (χ4n) is 2.44. The van der Waals surface area contributed by atoms with E-state index >= 15 is 0 Å². The molecule has 8 heteroatoms. The molecule has 0 amide bonds. The summed E-state index contributed by atoms with van der Waals surface area (Å²) in [5, 5.41) is 2.89. The quantitative estimate of drug-likeness (QED) is 0.615. The lowest BCUT2D eigenvalue weighted by Gasteiger charge is -2.22. The number of nitrogens with zero attached hydrogens (tertiary/aromatic N) is 3. The molecule has 2 aromatic carbocycles. The Morgan fingerprint density at radius 3 is 2.19 bits per heavy atom. The SMILES string of the molecule is Cc1ccc(Nc2ncc(C(F)(F)F)c(N(C)c3ccc(F)cc3)n2)cc1. The lowest BCUT2D eigenvalue weighted by molar-refractivity contribution is -0.137. The van der Waals surface area contributed by atoms with Crippen LogP contribution in [-0.2, 0) is 6.18 Å². The number of rotatable bonds is 4. The van der Waals surface area contributed by atoms with Crippen LogP contribution in [0.5, 0.6) is 0 Å². The summed E-state index contributed by atoms with van der Waals surface area (Å²) < 4.78 is 53.3. The number of alkyl halides is 3. The predicted octanol–water partition coefficient (Wildman–Crippen LogP) is 5.45. The van der Waals surface area contributed by atoms with Gasteiger partial charge in [-0.05, 0) is 43.3 Å². The molecule has 4 nitrogen and oxygen atoms in total. The zero-order valence-corrected chi connectivity index (χ0v) is 14.5. The van der Waals surface area contributed by atoms with E-state index in [2.05, 4.69) is 15.3 Å². The second kappa shape index (κ2) is 7.22. The Balaban J connectivity index is 2.00. The molecule has 0 unspecified atom stereocenters. The first-order valence-electron chi connectivity index (χ1n) is 8.01. The van der Waals surface area contributed by atoms with E-state index in [1.54, 1.807) is 12.1 Å². The van der Waals surface area contributed by atoms with Gasteiger partial charge in [-0.15, -0.1) is 0 Å². The van der Waals surface area contributed by atoms with Gasteiger partial charge in [0.05, 0.1) is 0 Å². The highest BCUT2D eigenvalue weighted by molar-refractivity contribution is 5.65. The highest BCUT2D eigenvalue weighted by Gasteiger charge is 2.36. The Morgan fingerprint density at radius 2 is 1.59 bits per heavy atom. The minimum atomic E-state index is -4.63. The monoisotopic (exact) mass is 376 g/mol. The lowest BCUT2D eigenvalue weighted by atomic mass is 10.2. The van der Waals surface area contributed by atoms with Crippen LogP contribution in [-0.4, -0.2) is 17.0 Å². The standard InChI is InChI=1S/C19H16F4N4/c1-12-3-7-14(8-4-12)25-18-24-11-16(19(21,22)23)17(26-18)27(2)15-9-5-13(20)6-10-15/h3-11H,1-2H3,(H,24,25,26). The van der Waals surface area contributed by atoms with Crippen LogP contribution in [0.15, 0.2) is 54.7 Å². The molecule has 0 bridgehead atoms. The van der Waals surface area contributed by atoms with Crippen LogP contribution in [0.4, 0.5) is 40.7 Å². The van der Waals surface area contributed by atoms with E-state index in [9.17, 15) is 17.6 Å². The first-order chi connectivity index (χ1) is 12.7. The van der Waals surface area contributed by atoms with E-state index in [0.29, 0.717) is 11.4 Å². The number of nitrogens with one attached hydrogen (secondary N) is 1. The van der Waals surface area contributed by atoms with Crippen molar-refractivity contribution >= 4 is 23.1 Å². The van der Waals surface area contributed by atoms with E-state index in [1.165, 1.54) is 36.2 Å². The molecule has 1 N–H and O–H groups in total. The Bertz CT molecular complexity index is 922. The van der Waals surface area contributed by atoms with Gasteiger partial charge in [0.1, 0.15) is 11.4 Å². The highest BCUT2D eigenvalue weighted by Crippen LogP contribution is 2.37. The molecule has 0 radical (unpaired) electrons. The van der Waals surface area contributed by atoms with Crippen molar-refractivity contribution < 1.29 is 17.6 Å². The van der Waals surface area contributed by atoms with Gasteiger partial charge in [0.15, 0.2) is 5.82 Å². The number of hydrogen-bond donors (Lipinski definition) is 1. The first kappa shape index (κ1) is 18.6. The van der Waals surface area contributed by atoms with Crippen LogP contribution in [0, 0.1) is 12.7 Å². The van der Waals surface area contributed by atoms with Crippen molar-refractivity contribution in [2.75, 3.05) is 17.3 Å². The number of anilines is 4. The Hall–Kier alpha value is -3.16. The summed E-state index contributed by atoms with van der Waals surface area (Å²) in [6, 6.07) is 12.4. The first-order valence-corrected chi connectivity index (χ1v) is 8.01. The topological polar surface area (TPSA) is 41.1 Å². The largest absolute Gasteiger partial charge is 0.421 e. The van der Waals surface area contributed by atoms with Gasteiger partial charge in [-0.2, -0.15) is 18.2 Å². The van der Waals surface area contributed by atoms with Crippen molar-refractivity contribution in [1.29, 1.82) is 0 Å². The highest BCUT2D eigenvalue weighted by atomic mass is 19.4. The minimum absolute atomic E-state index is 0.0239. The average molecular weight is 376 g/mol. The molecule has 0 atom stereocenters. The zero-order chi connectivity index (χ0) is 19.6. The summed E-state index contributed by atoms with van der Waals surface area (Å²) in [6.45, 7) is 1.92. The molecule has 0 aliphatic carbocycles. The van der Waals surface area contributed by atoms with Gasteiger partial charge in [-0.1, -0.05) is 17.7 Å². The molecule has 140 valence electrons. The molecule has 1 heterocycles. The van der Waals surface area contributed by atoms with Gasteiger partial charge in [-0.3, -0.25) is 0 Å². The van der Waals surface area contributed by atoms with Crippen molar-refractivity contribution in [2.24, 2.45) is 0 Å². The molecule has 3 rings (SSSR count). The van der Waals surface area contributed by atoms with Crippen molar-refractivity contribution in [3.8, 4) is 0 Å². The number of aromatic nitrogens is 2. The van der Waals surface area contributed by atoms with Gasteiger partial charge < -0.3 is 10.2 Å². The molecular weight excluding hydrogens is 360 g/mol. The lowest BCUT2D eigenvalue weighted by Crippen LogP contribution is -2.19. The van der Waals surface area contributed by atoms with Crippen LogP contribution in [0.3, 0.4) is 0 Å². The maximum absolute atomic E-state index is 13.4. The predicted molar refractivity (Wildman–Crippen MR) is 96.0 cm³/mol. The zero-order valence-electron chi connectivity index (χ0n) is 14.5. The maximum Gasteiger partial charge on any atom is 0.421 e. The van der Waals surface area contributed by atoms with Crippen molar-refractivity contribution in [3.05, 3.63) is 71.7 Å². The Kier molecular flexibility index (Phi) is 4.98. The van der Waals surface area contributed by atoms with Gasteiger partial charge in [-0.25, -0.2) is 9.37 Å². The third-order valence-electron chi connectivity index (χ3n) is 3.91. The molecular formula is C19H16F4N4. The van der Waals surface area contributed by atoms with Gasteiger partial charge >= 0.3 is 6.18 Å². The third-order valence-corrected chi connectivity index (χ3v) is 3.91. The van der Waals surface area contributed by atoms with Crippen molar-refractivity contribution in [1.82, 2.24) is 9.97 Å². The molecule has 0 fully saturated rings. The van der Waals surface area contributed by atoms with Gasteiger partial charge in [0.25, 0.3) is 0 Å². The van der Waals surface area contributed by atoms with Crippen molar-refractivity contribution in [2.45, 2.75) is 13.1 Å². The molecule has 0 spiro atoms. The molecule has 0 aliphatic rings. The van der Waals surface area contributed by atoms with Crippen LogP contribution in [0.2, 0.25) is 0 Å². The summed E-state index contributed by atoms with van der Waals surface area (Å²) in [5.41, 5.74) is 1.08. The number of halogens is 4. The Morgan fingerprint density at radius 1 is 0.963 bits per heavy atom. The molecule has 27 heavy (non-hydrogen) atoms. The average Bonchev–Trinajstić information content (AvgIpc) is 2.63. The molecule has 0 saturated carbocycles. The summed E-state index contributed by atoms with van der Waals surface area (Å²) in [5.74, 6) is -0.790. The molecule has 0 saturated heterocycles. The smallest absolute Gasteiger partial charge is 0.329 e. The van der Waals surface area contributed by atoms with Gasteiger partial charge in [0.2, 0.25) is 5.95 Å². The van der Waals surface area contributed by atoms with E-state index in [4.69, 9.17) is 0 Å². The minimum Gasteiger partial charge on any atom is -0.329 e. The summed E-state index contributed by atoms with van der Waals surface area (Å²) >= 11 is 0. The van der Waals surface area contributed by atoms with Crippen LogP contribution in [0.25, 0.3) is 0 Å². The van der Waals surface area contributed by atoms with Crippen LogP contribution in [0.1, 0.15) is 11.1 Å². The third kappa shape index (κ3) is 4.33. The van der Waals surface area contributed by atoms with E-state index in [0.717, 1.165) is 11.8 Å². The molecule has 1 aromatic heterocycles. The molecule has 3 aromatic rings. The summed E-state index contributed by atoms with van der Waals surface area (Å²) in [7, 11) is 1.43. The van der Waals surface area contributed by atoms with Crippen LogP contribution >= 0.6 is 0 Å². The van der Waals surface area contributed by atoms with E-state index in [1.807, 2.05) is 19.1 Å². The van der Waals surface area contributed by atoms with E-state index < -0.39 is 17.6 Å².